The van der Waals surface area contributed by atoms with Gasteiger partial charge in [0.1, 0.15) is 0 Å². The minimum absolute atomic E-state index is 0.201. The summed E-state index contributed by atoms with van der Waals surface area (Å²) < 4.78 is 0. The lowest BCUT2D eigenvalue weighted by molar-refractivity contribution is 1.24. The van der Waals surface area contributed by atoms with Crippen LogP contribution in [0, 0.1) is 0 Å². The largest absolute Gasteiger partial charge is 0.327 e. The van der Waals surface area contributed by atoms with Crippen LogP contribution in [0.2, 0.25) is 10.0 Å². The number of pyridine rings is 1. The van der Waals surface area contributed by atoms with Crippen LogP contribution in [0.25, 0.3) is 11.1 Å². The summed E-state index contributed by atoms with van der Waals surface area (Å²) in [6, 6.07) is 8.74. The van der Waals surface area contributed by atoms with Crippen LogP contribution in [0.4, 0.5) is 0 Å². The summed E-state index contributed by atoms with van der Waals surface area (Å²) in [4.78, 5) is 14.1. The van der Waals surface area contributed by atoms with Crippen LogP contribution in [0.1, 0.15) is 0 Å². The third kappa shape index (κ3) is 2.06. The number of nitrogens with one attached hydrogen (secondary N) is 1. The maximum Gasteiger partial charge on any atom is 0.255 e. The molecule has 1 aromatic carbocycles. The predicted molar refractivity (Wildman–Crippen MR) is 62.5 cm³/mol. The summed E-state index contributed by atoms with van der Waals surface area (Å²) in [5.41, 5.74) is 0.962. The van der Waals surface area contributed by atoms with Crippen molar-refractivity contribution in [2.24, 2.45) is 0 Å². The molecule has 0 aliphatic carbocycles. The Bertz CT molecular complexity index is 548. The van der Waals surface area contributed by atoms with Gasteiger partial charge in [-0.3, -0.25) is 4.79 Å². The summed E-state index contributed by atoms with van der Waals surface area (Å²) in [5, 5.41) is 1.01. The van der Waals surface area contributed by atoms with Crippen LogP contribution >= 0.6 is 23.2 Å². The molecule has 2 nitrogen and oxygen atoms in total. The zero-order valence-corrected chi connectivity index (χ0v) is 9.14. The molecule has 0 unspecified atom stereocenters. The van der Waals surface area contributed by atoms with Gasteiger partial charge in [0.15, 0.2) is 0 Å². The molecule has 0 atom stereocenters. The third-order valence-electron chi connectivity index (χ3n) is 2.03. The van der Waals surface area contributed by atoms with E-state index in [9.17, 15) is 4.79 Å². The van der Waals surface area contributed by atoms with Gasteiger partial charge in [-0.25, -0.2) is 0 Å². The molecule has 0 bridgehead atoms. The Morgan fingerprint density at radius 2 is 1.80 bits per heavy atom. The fraction of sp³-hybridized carbons (Fsp3) is 0. The highest BCUT2D eigenvalue weighted by Gasteiger charge is 2.07. The van der Waals surface area contributed by atoms with Crippen LogP contribution in [0.5, 0.6) is 0 Å². The van der Waals surface area contributed by atoms with Crippen molar-refractivity contribution >= 4 is 23.2 Å². The number of hydrogen-bond donors (Lipinski definition) is 1. The molecule has 1 heterocycles. The lowest BCUT2D eigenvalue weighted by atomic mass is 10.1. The van der Waals surface area contributed by atoms with Crippen molar-refractivity contribution in [1.29, 1.82) is 0 Å². The van der Waals surface area contributed by atoms with Gasteiger partial charge in [-0.2, -0.15) is 0 Å². The number of aromatic amines is 1. The van der Waals surface area contributed by atoms with Crippen molar-refractivity contribution in [1.82, 2.24) is 4.98 Å². The second-order valence-electron chi connectivity index (χ2n) is 3.04. The van der Waals surface area contributed by atoms with Crippen molar-refractivity contribution < 1.29 is 0 Å². The standard InChI is InChI=1S/C11H7Cl2NO/c12-7-5-9(11(15)14-6-7)8-3-1-2-4-10(8)13/h1-6H,(H,14,15). The smallest absolute Gasteiger partial charge is 0.255 e. The molecule has 76 valence electrons. The normalized spacial score (nSPS) is 10.3. The van der Waals surface area contributed by atoms with Gasteiger partial charge in [0.2, 0.25) is 0 Å². The Labute approximate surface area is 96.5 Å². The van der Waals surface area contributed by atoms with E-state index >= 15 is 0 Å². The van der Waals surface area contributed by atoms with Crippen molar-refractivity contribution in [3.63, 3.8) is 0 Å². The van der Waals surface area contributed by atoms with Gasteiger partial charge < -0.3 is 4.98 Å². The maximum atomic E-state index is 11.6. The van der Waals surface area contributed by atoms with Crippen LogP contribution in [-0.2, 0) is 0 Å². The summed E-state index contributed by atoms with van der Waals surface area (Å²) in [5.74, 6) is 0. The topological polar surface area (TPSA) is 32.9 Å². The molecule has 4 heteroatoms. The first-order chi connectivity index (χ1) is 7.18. The summed E-state index contributed by atoms with van der Waals surface area (Å²) in [6.45, 7) is 0. The van der Waals surface area contributed by atoms with Gasteiger partial charge in [0.05, 0.1) is 5.02 Å². The molecule has 0 spiro atoms. The van der Waals surface area contributed by atoms with Crippen molar-refractivity contribution in [2.45, 2.75) is 0 Å². The van der Waals surface area contributed by atoms with E-state index in [1.807, 2.05) is 12.1 Å². The molecule has 2 rings (SSSR count). The van der Waals surface area contributed by atoms with Crippen LogP contribution in [0.15, 0.2) is 41.3 Å². The van der Waals surface area contributed by atoms with E-state index in [2.05, 4.69) is 4.98 Å². The van der Waals surface area contributed by atoms with E-state index in [0.29, 0.717) is 21.2 Å². The number of aromatic nitrogens is 1. The molecule has 0 aliphatic heterocycles. The first-order valence-electron chi connectivity index (χ1n) is 4.31. The molecule has 0 saturated heterocycles. The van der Waals surface area contributed by atoms with Gasteiger partial charge in [-0.1, -0.05) is 41.4 Å². The van der Waals surface area contributed by atoms with Crippen molar-refractivity contribution in [3.8, 4) is 11.1 Å². The zero-order valence-electron chi connectivity index (χ0n) is 7.63. The molecular weight excluding hydrogens is 233 g/mol. The van der Waals surface area contributed by atoms with E-state index in [0.717, 1.165) is 0 Å². The first kappa shape index (κ1) is 10.3. The maximum absolute atomic E-state index is 11.6. The second kappa shape index (κ2) is 4.09. The minimum Gasteiger partial charge on any atom is -0.327 e. The number of benzene rings is 1. The quantitative estimate of drug-likeness (QED) is 0.814. The SMILES string of the molecule is O=c1[nH]cc(Cl)cc1-c1ccccc1Cl. The average molecular weight is 240 g/mol. The lowest BCUT2D eigenvalue weighted by Crippen LogP contribution is -2.07. The Kier molecular flexibility index (Phi) is 2.80. The first-order valence-corrected chi connectivity index (χ1v) is 5.07. The molecule has 1 aromatic heterocycles. The van der Waals surface area contributed by atoms with Gasteiger partial charge in [-0.05, 0) is 12.1 Å². The number of rotatable bonds is 1. The van der Waals surface area contributed by atoms with Gasteiger partial charge >= 0.3 is 0 Å². The zero-order chi connectivity index (χ0) is 10.8. The number of halogens is 2. The minimum atomic E-state index is -0.201. The highest BCUT2D eigenvalue weighted by Crippen LogP contribution is 2.25. The van der Waals surface area contributed by atoms with Crippen molar-refractivity contribution in [2.75, 3.05) is 0 Å². The predicted octanol–water partition coefficient (Wildman–Crippen LogP) is 3.35. The Balaban J connectivity index is 2.69. The number of hydrogen-bond acceptors (Lipinski definition) is 1. The summed E-state index contributed by atoms with van der Waals surface area (Å²) in [7, 11) is 0. The van der Waals surface area contributed by atoms with Crippen LogP contribution in [0.3, 0.4) is 0 Å². The van der Waals surface area contributed by atoms with Gasteiger partial charge in [0.25, 0.3) is 5.56 Å². The third-order valence-corrected chi connectivity index (χ3v) is 2.58. The van der Waals surface area contributed by atoms with E-state index in [-0.39, 0.29) is 5.56 Å². The van der Waals surface area contributed by atoms with Gasteiger partial charge in [0, 0.05) is 22.3 Å². The molecular formula is C11H7Cl2NO. The molecule has 0 saturated carbocycles. The molecule has 15 heavy (non-hydrogen) atoms. The fourth-order valence-electron chi connectivity index (χ4n) is 1.34. The Morgan fingerprint density at radius 3 is 2.53 bits per heavy atom. The summed E-state index contributed by atoms with van der Waals surface area (Å²) in [6.07, 6.45) is 1.45. The highest BCUT2D eigenvalue weighted by molar-refractivity contribution is 6.33. The summed E-state index contributed by atoms with van der Waals surface area (Å²) >= 11 is 11.8. The molecule has 1 N–H and O–H groups in total. The Morgan fingerprint density at radius 1 is 1.07 bits per heavy atom. The molecule has 0 radical (unpaired) electrons. The molecule has 0 fully saturated rings. The van der Waals surface area contributed by atoms with E-state index in [1.54, 1.807) is 18.2 Å². The van der Waals surface area contributed by atoms with Crippen LogP contribution < -0.4 is 5.56 Å². The molecule has 0 aliphatic rings. The lowest BCUT2D eigenvalue weighted by Gasteiger charge is -2.02. The van der Waals surface area contributed by atoms with Crippen molar-refractivity contribution in [3.05, 3.63) is 56.9 Å². The average Bonchev–Trinajstić information content (AvgIpc) is 2.23. The Hall–Kier alpha value is -1.25. The van der Waals surface area contributed by atoms with E-state index in [4.69, 9.17) is 23.2 Å². The van der Waals surface area contributed by atoms with Crippen LogP contribution in [-0.4, -0.2) is 4.98 Å². The second-order valence-corrected chi connectivity index (χ2v) is 3.88. The molecule has 2 aromatic rings. The monoisotopic (exact) mass is 239 g/mol. The highest BCUT2D eigenvalue weighted by atomic mass is 35.5. The van der Waals surface area contributed by atoms with E-state index < -0.39 is 0 Å². The molecule has 0 amide bonds. The number of H-pyrrole nitrogens is 1. The fourth-order valence-corrected chi connectivity index (χ4v) is 1.74. The van der Waals surface area contributed by atoms with E-state index in [1.165, 1.54) is 6.20 Å². The van der Waals surface area contributed by atoms with Gasteiger partial charge in [-0.15, -0.1) is 0 Å².